The molecule has 0 atom stereocenters. The van der Waals surface area contributed by atoms with E-state index in [1.54, 1.807) is 7.11 Å². The highest BCUT2D eigenvalue weighted by molar-refractivity contribution is 7.89. The molecule has 0 spiro atoms. The number of para-hydroxylation sites is 1. The standard InChI is InChI=1S/C14H22N2O3S/c1-19-9-4-10-20(17,18)16-11-13-6-2-5-12-7-3-8-15-14(12)13/h2,5-6,15-16H,3-4,7-11H2,1H3. The van der Waals surface area contributed by atoms with Crippen LogP contribution in [0, 0.1) is 0 Å². The number of rotatable bonds is 7. The summed E-state index contributed by atoms with van der Waals surface area (Å²) in [5, 5.41) is 3.36. The topological polar surface area (TPSA) is 67.4 Å². The maximum atomic E-state index is 11.9. The Morgan fingerprint density at radius 3 is 3.05 bits per heavy atom. The SMILES string of the molecule is COCCCS(=O)(=O)NCc1cccc2c1NCCC2. The van der Waals surface area contributed by atoms with Crippen molar-refractivity contribution < 1.29 is 13.2 Å². The van der Waals surface area contributed by atoms with Crippen LogP contribution in [0.2, 0.25) is 0 Å². The van der Waals surface area contributed by atoms with Crippen LogP contribution in [0.1, 0.15) is 24.0 Å². The molecule has 0 aliphatic carbocycles. The zero-order valence-electron chi connectivity index (χ0n) is 11.8. The van der Waals surface area contributed by atoms with Crippen molar-refractivity contribution in [2.45, 2.75) is 25.8 Å². The molecule has 1 heterocycles. The molecule has 1 aromatic carbocycles. The van der Waals surface area contributed by atoms with Crippen molar-refractivity contribution in [1.82, 2.24) is 4.72 Å². The van der Waals surface area contributed by atoms with E-state index >= 15 is 0 Å². The van der Waals surface area contributed by atoms with Gasteiger partial charge in [0, 0.05) is 32.5 Å². The Kier molecular flexibility index (Phi) is 5.39. The van der Waals surface area contributed by atoms with Crippen molar-refractivity contribution in [3.05, 3.63) is 29.3 Å². The van der Waals surface area contributed by atoms with Gasteiger partial charge in [-0.05, 0) is 30.4 Å². The Hall–Kier alpha value is -1.11. The van der Waals surface area contributed by atoms with Crippen LogP contribution in [0.25, 0.3) is 0 Å². The average Bonchev–Trinajstić information content (AvgIpc) is 2.45. The Morgan fingerprint density at radius 1 is 1.40 bits per heavy atom. The van der Waals surface area contributed by atoms with Gasteiger partial charge in [0.2, 0.25) is 10.0 Å². The van der Waals surface area contributed by atoms with Gasteiger partial charge in [-0.1, -0.05) is 18.2 Å². The molecule has 0 fully saturated rings. The average molecular weight is 298 g/mol. The van der Waals surface area contributed by atoms with E-state index in [2.05, 4.69) is 16.1 Å². The minimum absolute atomic E-state index is 0.100. The van der Waals surface area contributed by atoms with Gasteiger partial charge in [0.25, 0.3) is 0 Å². The molecule has 0 amide bonds. The summed E-state index contributed by atoms with van der Waals surface area (Å²) in [6.45, 7) is 1.75. The van der Waals surface area contributed by atoms with Gasteiger partial charge < -0.3 is 10.1 Å². The van der Waals surface area contributed by atoms with Crippen molar-refractivity contribution in [3.8, 4) is 0 Å². The first-order chi connectivity index (χ1) is 9.62. The quantitative estimate of drug-likeness (QED) is 0.749. The van der Waals surface area contributed by atoms with Crippen LogP contribution in [0.4, 0.5) is 5.69 Å². The normalized spacial score (nSPS) is 14.7. The number of hydrogen-bond acceptors (Lipinski definition) is 4. The highest BCUT2D eigenvalue weighted by atomic mass is 32.2. The maximum Gasteiger partial charge on any atom is 0.211 e. The Bertz CT molecular complexity index is 543. The molecule has 112 valence electrons. The number of nitrogens with one attached hydrogen (secondary N) is 2. The molecule has 5 nitrogen and oxygen atoms in total. The van der Waals surface area contributed by atoms with E-state index in [4.69, 9.17) is 4.74 Å². The fourth-order valence-corrected chi connectivity index (χ4v) is 3.40. The van der Waals surface area contributed by atoms with Crippen molar-refractivity contribution >= 4 is 15.7 Å². The molecular formula is C14H22N2O3S. The molecule has 0 radical (unpaired) electrons. The molecule has 0 saturated heterocycles. The van der Waals surface area contributed by atoms with E-state index in [1.807, 2.05) is 12.1 Å². The zero-order chi connectivity index (χ0) is 14.4. The number of benzene rings is 1. The van der Waals surface area contributed by atoms with E-state index in [0.717, 1.165) is 30.6 Å². The van der Waals surface area contributed by atoms with Crippen molar-refractivity contribution in [1.29, 1.82) is 0 Å². The summed E-state index contributed by atoms with van der Waals surface area (Å²) in [7, 11) is -1.66. The number of sulfonamides is 1. The second kappa shape index (κ2) is 7.06. The highest BCUT2D eigenvalue weighted by Gasteiger charge is 2.14. The van der Waals surface area contributed by atoms with Gasteiger partial charge in [-0.25, -0.2) is 13.1 Å². The number of fused-ring (bicyclic) bond motifs is 1. The third kappa shape index (κ3) is 4.19. The molecule has 0 saturated carbocycles. The lowest BCUT2D eigenvalue weighted by Gasteiger charge is -2.21. The lowest BCUT2D eigenvalue weighted by Crippen LogP contribution is -2.27. The summed E-state index contributed by atoms with van der Waals surface area (Å²) >= 11 is 0. The van der Waals surface area contributed by atoms with E-state index in [0.29, 0.717) is 19.6 Å². The molecule has 20 heavy (non-hydrogen) atoms. The molecular weight excluding hydrogens is 276 g/mol. The first-order valence-corrected chi connectivity index (χ1v) is 8.58. The van der Waals surface area contributed by atoms with Crippen LogP contribution < -0.4 is 10.0 Å². The molecule has 0 unspecified atom stereocenters. The third-order valence-corrected chi connectivity index (χ3v) is 4.82. The predicted octanol–water partition coefficient (Wildman–Crippen LogP) is 1.50. The van der Waals surface area contributed by atoms with E-state index in [1.165, 1.54) is 5.56 Å². The van der Waals surface area contributed by atoms with Gasteiger partial charge in [-0.3, -0.25) is 0 Å². The smallest absolute Gasteiger partial charge is 0.211 e. The Balaban J connectivity index is 1.97. The zero-order valence-corrected chi connectivity index (χ0v) is 12.6. The summed E-state index contributed by atoms with van der Waals surface area (Å²) in [5.41, 5.74) is 3.38. The number of anilines is 1. The summed E-state index contributed by atoms with van der Waals surface area (Å²) in [6.07, 6.45) is 2.69. The van der Waals surface area contributed by atoms with E-state index in [-0.39, 0.29) is 5.75 Å². The van der Waals surface area contributed by atoms with E-state index < -0.39 is 10.0 Å². The van der Waals surface area contributed by atoms with Crippen LogP contribution in [-0.2, 0) is 27.7 Å². The first-order valence-electron chi connectivity index (χ1n) is 6.93. The largest absolute Gasteiger partial charge is 0.385 e. The van der Waals surface area contributed by atoms with Gasteiger partial charge in [-0.15, -0.1) is 0 Å². The fraction of sp³-hybridized carbons (Fsp3) is 0.571. The third-order valence-electron chi connectivity index (χ3n) is 3.41. The minimum Gasteiger partial charge on any atom is -0.385 e. The molecule has 1 aromatic rings. The van der Waals surface area contributed by atoms with Gasteiger partial charge in [0.05, 0.1) is 5.75 Å². The van der Waals surface area contributed by atoms with Gasteiger partial charge in [0.1, 0.15) is 0 Å². The Labute approximate surface area is 120 Å². The highest BCUT2D eigenvalue weighted by Crippen LogP contribution is 2.25. The minimum atomic E-state index is -3.24. The van der Waals surface area contributed by atoms with Crippen LogP contribution in [-0.4, -0.2) is 34.4 Å². The van der Waals surface area contributed by atoms with Gasteiger partial charge in [0.15, 0.2) is 0 Å². The first kappa shape index (κ1) is 15.3. The van der Waals surface area contributed by atoms with Crippen LogP contribution >= 0.6 is 0 Å². The monoisotopic (exact) mass is 298 g/mol. The number of aryl methyl sites for hydroxylation is 1. The lowest BCUT2D eigenvalue weighted by molar-refractivity contribution is 0.199. The van der Waals surface area contributed by atoms with Crippen LogP contribution in [0.5, 0.6) is 0 Å². The van der Waals surface area contributed by atoms with Crippen molar-refractivity contribution in [3.63, 3.8) is 0 Å². The maximum absolute atomic E-state index is 11.9. The van der Waals surface area contributed by atoms with Crippen LogP contribution in [0.15, 0.2) is 18.2 Å². The van der Waals surface area contributed by atoms with E-state index in [9.17, 15) is 8.42 Å². The van der Waals surface area contributed by atoms with Gasteiger partial charge in [-0.2, -0.15) is 0 Å². The second-order valence-corrected chi connectivity index (χ2v) is 6.89. The second-order valence-electron chi connectivity index (χ2n) is 4.97. The number of methoxy groups -OCH3 is 1. The fourth-order valence-electron chi connectivity index (χ4n) is 2.38. The number of hydrogen-bond donors (Lipinski definition) is 2. The molecule has 2 N–H and O–H groups in total. The van der Waals surface area contributed by atoms with Crippen LogP contribution in [0.3, 0.4) is 0 Å². The summed E-state index contributed by atoms with van der Waals surface area (Å²) in [6, 6.07) is 6.05. The van der Waals surface area contributed by atoms with Crippen molar-refractivity contribution in [2.24, 2.45) is 0 Å². The summed E-state index contributed by atoms with van der Waals surface area (Å²) in [4.78, 5) is 0. The predicted molar refractivity (Wildman–Crippen MR) is 80.4 cm³/mol. The summed E-state index contributed by atoms with van der Waals surface area (Å²) in [5.74, 6) is 0.100. The molecule has 1 aliphatic heterocycles. The molecule has 1 aliphatic rings. The Morgan fingerprint density at radius 2 is 2.25 bits per heavy atom. The van der Waals surface area contributed by atoms with Gasteiger partial charge >= 0.3 is 0 Å². The molecule has 6 heteroatoms. The lowest BCUT2D eigenvalue weighted by atomic mass is 9.99. The summed E-state index contributed by atoms with van der Waals surface area (Å²) < 4.78 is 31.3. The number of ether oxygens (including phenoxy) is 1. The molecule has 0 bridgehead atoms. The molecule has 2 rings (SSSR count). The van der Waals surface area contributed by atoms with Crippen molar-refractivity contribution in [2.75, 3.05) is 31.3 Å². The molecule has 0 aromatic heterocycles.